The third-order valence-corrected chi connectivity index (χ3v) is 11.5. The van der Waals surface area contributed by atoms with Crippen molar-refractivity contribution in [2.45, 2.75) is 0 Å². The van der Waals surface area contributed by atoms with E-state index in [1.807, 2.05) is 60.7 Å². The van der Waals surface area contributed by atoms with Crippen LogP contribution < -0.4 is 0 Å². The number of aromatic nitrogens is 5. The van der Waals surface area contributed by atoms with Gasteiger partial charge in [-0.15, -0.1) is 0 Å². The van der Waals surface area contributed by atoms with E-state index in [0.717, 1.165) is 33.4 Å². The Morgan fingerprint density at radius 2 is 0.776 bits per heavy atom. The lowest BCUT2D eigenvalue weighted by atomic mass is 10.0. The van der Waals surface area contributed by atoms with Crippen LogP contribution in [0.15, 0.2) is 200 Å². The van der Waals surface area contributed by atoms with Crippen LogP contribution in [0.4, 0.5) is 0 Å². The number of para-hydroxylation sites is 2. The summed E-state index contributed by atoms with van der Waals surface area (Å²) < 4.78 is 4.92. The molecule has 0 spiro atoms. The fourth-order valence-electron chi connectivity index (χ4n) is 8.95. The molecule has 0 fully saturated rings. The zero-order valence-electron chi connectivity index (χ0n) is 31.3. The van der Waals surface area contributed by atoms with Gasteiger partial charge in [0.05, 0.1) is 27.8 Å². The van der Waals surface area contributed by atoms with Crippen LogP contribution in [0.5, 0.6) is 0 Å². The summed E-state index contributed by atoms with van der Waals surface area (Å²) in [6.45, 7) is 0. The Morgan fingerprint density at radius 3 is 1.41 bits per heavy atom. The molecule has 270 valence electrons. The van der Waals surface area contributed by atoms with Crippen LogP contribution in [0, 0.1) is 0 Å². The van der Waals surface area contributed by atoms with Crippen LogP contribution in [-0.2, 0) is 0 Å². The van der Waals surface area contributed by atoms with Crippen molar-refractivity contribution in [1.82, 2.24) is 24.1 Å². The zero-order valence-corrected chi connectivity index (χ0v) is 31.3. The number of nitrogens with zero attached hydrogens (tertiary/aromatic N) is 5. The number of benzene rings is 9. The van der Waals surface area contributed by atoms with Crippen LogP contribution in [0.2, 0.25) is 0 Å². The van der Waals surface area contributed by atoms with Crippen molar-refractivity contribution in [3.8, 4) is 45.5 Å². The van der Waals surface area contributed by atoms with E-state index in [4.69, 9.17) is 15.0 Å². The summed E-state index contributed by atoms with van der Waals surface area (Å²) >= 11 is 0. The Morgan fingerprint density at radius 1 is 0.293 bits per heavy atom. The molecule has 0 aliphatic heterocycles. The average molecular weight is 740 g/mol. The molecule has 0 unspecified atom stereocenters. The fourth-order valence-corrected chi connectivity index (χ4v) is 8.95. The maximum atomic E-state index is 5.00. The maximum absolute atomic E-state index is 5.00. The highest BCUT2D eigenvalue weighted by Crippen LogP contribution is 2.44. The quantitative estimate of drug-likeness (QED) is 0.177. The van der Waals surface area contributed by atoms with E-state index in [9.17, 15) is 0 Å². The first-order valence-electron chi connectivity index (χ1n) is 19.6. The third-order valence-electron chi connectivity index (χ3n) is 11.5. The Kier molecular flexibility index (Phi) is 7.16. The molecule has 0 aliphatic rings. The van der Waals surface area contributed by atoms with Crippen molar-refractivity contribution < 1.29 is 0 Å². The van der Waals surface area contributed by atoms with Crippen molar-refractivity contribution in [2.75, 3.05) is 0 Å². The minimum atomic E-state index is 0.633. The number of hydrogen-bond donors (Lipinski definition) is 0. The first kappa shape index (κ1) is 32.4. The van der Waals surface area contributed by atoms with Gasteiger partial charge in [0.2, 0.25) is 0 Å². The summed E-state index contributed by atoms with van der Waals surface area (Å²) in [4.78, 5) is 14.9. The van der Waals surface area contributed by atoms with E-state index < -0.39 is 0 Å². The molecule has 58 heavy (non-hydrogen) atoms. The summed E-state index contributed by atoms with van der Waals surface area (Å²) in [7, 11) is 0. The molecule has 12 rings (SSSR count). The van der Waals surface area contributed by atoms with Gasteiger partial charge in [-0.05, 0) is 64.7 Å². The summed E-state index contributed by atoms with van der Waals surface area (Å²) in [5, 5.41) is 9.84. The van der Waals surface area contributed by atoms with Gasteiger partial charge in [0, 0.05) is 49.3 Å². The molecule has 5 nitrogen and oxygen atoms in total. The minimum Gasteiger partial charge on any atom is -0.309 e. The fraction of sp³-hybridized carbons (Fsp3) is 0. The van der Waals surface area contributed by atoms with Crippen molar-refractivity contribution >= 4 is 65.2 Å². The standard InChI is InChI=1S/C53H33N5/c1-3-16-35(17-4-1)51-54-52(36-18-5-2-6-19-36)56-53(55-51)37-27-30-39(31-28-37)57-44-25-13-12-24-43(44)49-47(57)33-38-20-8-10-22-41(38)50(49)58-45-26-14-11-23-42(45)48-40-21-9-7-15-34(40)29-32-46(48)58/h1-33H. The molecular weight excluding hydrogens is 707 g/mol. The Balaban J connectivity index is 1.10. The zero-order chi connectivity index (χ0) is 38.2. The van der Waals surface area contributed by atoms with Crippen LogP contribution in [0.1, 0.15) is 0 Å². The molecule has 12 aromatic rings. The SMILES string of the molecule is c1ccc(-c2nc(-c3ccccc3)nc(-c3ccc(-n4c5ccccc5c5c(-n6c7ccccc7c7c8ccccc8ccc76)c6ccccc6cc54)cc3)n2)cc1. The lowest BCUT2D eigenvalue weighted by molar-refractivity contribution is 1.07. The largest absolute Gasteiger partial charge is 0.309 e. The Hall–Kier alpha value is -7.89. The highest BCUT2D eigenvalue weighted by molar-refractivity contribution is 6.25. The first-order chi connectivity index (χ1) is 28.8. The monoisotopic (exact) mass is 739 g/mol. The summed E-state index contributed by atoms with van der Waals surface area (Å²) in [6, 6.07) is 71.0. The summed E-state index contributed by atoms with van der Waals surface area (Å²) in [5.41, 5.74) is 9.74. The third kappa shape index (κ3) is 4.93. The first-order valence-corrected chi connectivity index (χ1v) is 19.6. The molecule has 0 saturated heterocycles. The van der Waals surface area contributed by atoms with Crippen molar-refractivity contribution in [2.24, 2.45) is 0 Å². The highest BCUT2D eigenvalue weighted by atomic mass is 15.0. The summed E-state index contributed by atoms with van der Waals surface area (Å²) in [5.74, 6) is 1.93. The van der Waals surface area contributed by atoms with Gasteiger partial charge in [0.25, 0.3) is 0 Å². The Labute approximate surface area is 333 Å². The average Bonchev–Trinajstić information content (AvgIpc) is 3.81. The smallest absolute Gasteiger partial charge is 0.164 e. The van der Waals surface area contributed by atoms with Gasteiger partial charge < -0.3 is 9.13 Å². The van der Waals surface area contributed by atoms with Crippen LogP contribution >= 0.6 is 0 Å². The van der Waals surface area contributed by atoms with Crippen LogP contribution in [0.3, 0.4) is 0 Å². The van der Waals surface area contributed by atoms with Gasteiger partial charge >= 0.3 is 0 Å². The van der Waals surface area contributed by atoms with Gasteiger partial charge in [-0.3, -0.25) is 0 Å². The van der Waals surface area contributed by atoms with E-state index >= 15 is 0 Å². The normalized spacial score (nSPS) is 11.8. The lowest BCUT2D eigenvalue weighted by Gasteiger charge is -2.15. The predicted octanol–water partition coefficient (Wildman–Crippen LogP) is 13.4. The molecule has 0 aliphatic carbocycles. The van der Waals surface area contributed by atoms with Gasteiger partial charge in [-0.1, -0.05) is 152 Å². The Bertz CT molecular complexity index is 3490. The van der Waals surface area contributed by atoms with Crippen molar-refractivity contribution in [3.05, 3.63) is 200 Å². The molecule has 3 heterocycles. The van der Waals surface area contributed by atoms with Crippen LogP contribution in [0.25, 0.3) is 111 Å². The number of rotatable bonds is 5. The molecule has 9 aromatic carbocycles. The molecular formula is C53H33N5. The van der Waals surface area contributed by atoms with Crippen molar-refractivity contribution in [3.63, 3.8) is 0 Å². The molecule has 0 saturated carbocycles. The molecule has 0 radical (unpaired) electrons. The lowest BCUT2D eigenvalue weighted by Crippen LogP contribution is -2.00. The second kappa shape index (κ2) is 12.8. The minimum absolute atomic E-state index is 0.633. The van der Waals surface area contributed by atoms with E-state index in [-0.39, 0.29) is 0 Å². The molecule has 5 heteroatoms. The van der Waals surface area contributed by atoms with Gasteiger partial charge in [-0.25, -0.2) is 15.0 Å². The predicted molar refractivity (Wildman–Crippen MR) is 240 cm³/mol. The second-order valence-electron chi connectivity index (χ2n) is 14.8. The second-order valence-corrected chi connectivity index (χ2v) is 14.8. The van der Waals surface area contributed by atoms with Crippen molar-refractivity contribution in [1.29, 1.82) is 0 Å². The molecule has 0 N–H and O–H groups in total. The molecule has 0 atom stereocenters. The molecule has 0 bridgehead atoms. The van der Waals surface area contributed by atoms with Gasteiger partial charge in [-0.2, -0.15) is 0 Å². The van der Waals surface area contributed by atoms with Gasteiger partial charge in [0.1, 0.15) is 0 Å². The topological polar surface area (TPSA) is 48.5 Å². The van der Waals surface area contributed by atoms with Crippen LogP contribution in [-0.4, -0.2) is 24.1 Å². The highest BCUT2D eigenvalue weighted by Gasteiger charge is 2.23. The van der Waals surface area contributed by atoms with E-state index in [2.05, 4.69) is 149 Å². The van der Waals surface area contributed by atoms with E-state index in [1.165, 1.54) is 59.8 Å². The number of hydrogen-bond acceptors (Lipinski definition) is 3. The summed E-state index contributed by atoms with van der Waals surface area (Å²) in [6.07, 6.45) is 0. The maximum Gasteiger partial charge on any atom is 0.164 e. The molecule has 0 amide bonds. The van der Waals surface area contributed by atoms with E-state index in [1.54, 1.807) is 0 Å². The number of fused-ring (bicyclic) bond motifs is 9. The molecule has 3 aromatic heterocycles. The van der Waals surface area contributed by atoms with E-state index in [0.29, 0.717) is 17.5 Å². The van der Waals surface area contributed by atoms with Gasteiger partial charge in [0.15, 0.2) is 17.5 Å².